The van der Waals surface area contributed by atoms with Gasteiger partial charge in [0.25, 0.3) is 0 Å². The van der Waals surface area contributed by atoms with Gasteiger partial charge in [-0.25, -0.2) is 0 Å². The van der Waals surface area contributed by atoms with Crippen molar-refractivity contribution in [1.29, 1.82) is 0 Å². The molecule has 0 aliphatic rings. The van der Waals surface area contributed by atoms with Gasteiger partial charge in [-0.1, -0.05) is 0 Å². The number of benzene rings is 1. The third kappa shape index (κ3) is 5.03. The quantitative estimate of drug-likeness (QED) is 0.697. The van der Waals surface area contributed by atoms with Crippen LogP contribution in [0, 0.1) is 0 Å². The van der Waals surface area contributed by atoms with Gasteiger partial charge in [-0.15, -0.1) is 0 Å². The first-order valence-corrected chi connectivity index (χ1v) is 5.94. The Morgan fingerprint density at radius 1 is 1.31 bits per heavy atom. The summed E-state index contributed by atoms with van der Waals surface area (Å²) in [7, 11) is 0. The molecule has 0 spiro atoms. The number of rotatable bonds is 7. The van der Waals surface area contributed by atoms with Crippen molar-refractivity contribution in [2.24, 2.45) is 5.73 Å². The average Bonchev–Trinajstić information content (AvgIpc) is 2.27. The molecule has 3 N–H and O–H groups in total. The SMILES string of the molecule is CCOc1ccc(NCCCC(C)N)cc1. The number of ether oxygens (including phenoxy) is 1. The van der Waals surface area contributed by atoms with E-state index >= 15 is 0 Å². The van der Waals surface area contributed by atoms with Gasteiger partial charge in [0.05, 0.1) is 6.61 Å². The monoisotopic (exact) mass is 222 g/mol. The van der Waals surface area contributed by atoms with E-state index < -0.39 is 0 Å². The summed E-state index contributed by atoms with van der Waals surface area (Å²) in [5.41, 5.74) is 6.81. The highest BCUT2D eigenvalue weighted by Crippen LogP contribution is 2.15. The fraction of sp³-hybridized carbons (Fsp3) is 0.538. The highest BCUT2D eigenvalue weighted by Gasteiger charge is 1.96. The predicted octanol–water partition coefficient (Wildman–Crippen LogP) is 2.62. The molecule has 0 radical (unpaired) electrons. The lowest BCUT2D eigenvalue weighted by Gasteiger charge is -2.09. The first kappa shape index (κ1) is 12.8. The molecular formula is C13H22N2O. The van der Waals surface area contributed by atoms with Crippen molar-refractivity contribution in [3.05, 3.63) is 24.3 Å². The summed E-state index contributed by atoms with van der Waals surface area (Å²) in [6.07, 6.45) is 2.16. The predicted molar refractivity (Wildman–Crippen MR) is 69.0 cm³/mol. The van der Waals surface area contributed by atoms with Gasteiger partial charge in [0.2, 0.25) is 0 Å². The Hall–Kier alpha value is -1.22. The van der Waals surface area contributed by atoms with Gasteiger partial charge >= 0.3 is 0 Å². The Morgan fingerprint density at radius 3 is 2.56 bits per heavy atom. The van der Waals surface area contributed by atoms with Crippen molar-refractivity contribution < 1.29 is 4.74 Å². The largest absolute Gasteiger partial charge is 0.494 e. The summed E-state index contributed by atoms with van der Waals surface area (Å²) in [5, 5.41) is 3.36. The minimum atomic E-state index is 0.294. The Balaban J connectivity index is 2.26. The Bertz CT molecular complexity index is 282. The van der Waals surface area contributed by atoms with Gasteiger partial charge in [0.1, 0.15) is 5.75 Å². The van der Waals surface area contributed by atoms with Crippen LogP contribution >= 0.6 is 0 Å². The second kappa shape index (κ2) is 7.12. The van der Waals surface area contributed by atoms with Crippen LogP contribution in [0.2, 0.25) is 0 Å². The third-order valence-corrected chi connectivity index (χ3v) is 2.33. The van der Waals surface area contributed by atoms with Gasteiger partial charge in [-0.2, -0.15) is 0 Å². The van der Waals surface area contributed by atoms with Gasteiger partial charge in [0, 0.05) is 18.3 Å². The van der Waals surface area contributed by atoms with E-state index in [0.717, 1.165) is 30.8 Å². The van der Waals surface area contributed by atoms with Crippen LogP contribution in [0.15, 0.2) is 24.3 Å². The summed E-state index contributed by atoms with van der Waals surface area (Å²) in [6, 6.07) is 8.34. The van der Waals surface area contributed by atoms with E-state index in [1.54, 1.807) is 0 Å². The molecule has 0 saturated heterocycles. The molecule has 0 heterocycles. The lowest BCUT2D eigenvalue weighted by Crippen LogP contribution is -2.16. The van der Waals surface area contributed by atoms with E-state index in [1.165, 1.54) is 0 Å². The molecule has 3 nitrogen and oxygen atoms in total. The molecule has 1 unspecified atom stereocenters. The molecule has 0 aromatic heterocycles. The zero-order chi connectivity index (χ0) is 11.8. The second-order valence-corrected chi connectivity index (χ2v) is 4.00. The first-order valence-electron chi connectivity index (χ1n) is 5.94. The number of anilines is 1. The summed E-state index contributed by atoms with van der Waals surface area (Å²) in [4.78, 5) is 0. The van der Waals surface area contributed by atoms with Gasteiger partial charge < -0.3 is 15.8 Å². The minimum Gasteiger partial charge on any atom is -0.494 e. The molecule has 0 fully saturated rings. The van der Waals surface area contributed by atoms with Gasteiger partial charge in [-0.3, -0.25) is 0 Å². The molecule has 1 rings (SSSR count). The molecule has 0 saturated carbocycles. The minimum absolute atomic E-state index is 0.294. The van der Waals surface area contributed by atoms with E-state index in [9.17, 15) is 0 Å². The van der Waals surface area contributed by atoms with Crippen LogP contribution in [0.5, 0.6) is 5.75 Å². The number of hydrogen-bond donors (Lipinski definition) is 2. The maximum absolute atomic E-state index is 5.68. The number of nitrogens with one attached hydrogen (secondary N) is 1. The maximum atomic E-state index is 5.68. The summed E-state index contributed by atoms with van der Waals surface area (Å²) in [5.74, 6) is 0.920. The highest BCUT2D eigenvalue weighted by molar-refractivity contribution is 5.46. The van der Waals surface area contributed by atoms with Crippen LogP contribution < -0.4 is 15.8 Å². The van der Waals surface area contributed by atoms with E-state index in [-0.39, 0.29) is 0 Å². The summed E-state index contributed by atoms with van der Waals surface area (Å²) in [6.45, 7) is 5.70. The normalized spacial score (nSPS) is 12.2. The molecule has 0 amide bonds. The molecular weight excluding hydrogens is 200 g/mol. The van der Waals surface area contributed by atoms with Crippen LogP contribution in [-0.2, 0) is 0 Å². The third-order valence-electron chi connectivity index (χ3n) is 2.33. The molecule has 1 aromatic carbocycles. The fourth-order valence-corrected chi connectivity index (χ4v) is 1.49. The number of hydrogen-bond acceptors (Lipinski definition) is 3. The van der Waals surface area contributed by atoms with Crippen molar-refractivity contribution in [3.8, 4) is 5.75 Å². The Kier molecular flexibility index (Phi) is 5.72. The lowest BCUT2D eigenvalue weighted by molar-refractivity contribution is 0.340. The van der Waals surface area contributed by atoms with Gasteiger partial charge in [-0.05, 0) is 51.0 Å². The zero-order valence-electron chi connectivity index (χ0n) is 10.2. The van der Waals surface area contributed by atoms with Crippen molar-refractivity contribution in [2.75, 3.05) is 18.5 Å². The molecule has 16 heavy (non-hydrogen) atoms. The molecule has 0 bridgehead atoms. The lowest BCUT2D eigenvalue weighted by atomic mass is 10.2. The topological polar surface area (TPSA) is 47.3 Å². The Morgan fingerprint density at radius 2 is 2.00 bits per heavy atom. The van der Waals surface area contributed by atoms with Crippen molar-refractivity contribution in [2.45, 2.75) is 32.7 Å². The molecule has 0 aliphatic carbocycles. The molecule has 0 aliphatic heterocycles. The maximum Gasteiger partial charge on any atom is 0.119 e. The van der Waals surface area contributed by atoms with Crippen LogP contribution in [0.25, 0.3) is 0 Å². The van der Waals surface area contributed by atoms with E-state index in [4.69, 9.17) is 10.5 Å². The van der Waals surface area contributed by atoms with Crippen LogP contribution in [0.1, 0.15) is 26.7 Å². The van der Waals surface area contributed by atoms with Crippen LogP contribution in [0.4, 0.5) is 5.69 Å². The standard InChI is InChI=1S/C13H22N2O/c1-3-16-13-8-6-12(7-9-13)15-10-4-5-11(2)14/h6-9,11,15H,3-5,10,14H2,1-2H3. The number of nitrogens with two attached hydrogens (primary N) is 1. The van der Waals surface area contributed by atoms with Crippen molar-refractivity contribution in [3.63, 3.8) is 0 Å². The van der Waals surface area contributed by atoms with Crippen LogP contribution in [-0.4, -0.2) is 19.2 Å². The molecule has 1 aromatic rings. The summed E-state index contributed by atoms with van der Waals surface area (Å²) < 4.78 is 5.37. The smallest absolute Gasteiger partial charge is 0.119 e. The van der Waals surface area contributed by atoms with Gasteiger partial charge in [0.15, 0.2) is 0 Å². The molecule has 3 heteroatoms. The Labute approximate surface area is 98.0 Å². The van der Waals surface area contributed by atoms with Crippen molar-refractivity contribution >= 4 is 5.69 Å². The fourth-order valence-electron chi connectivity index (χ4n) is 1.49. The molecule has 1 atom stereocenters. The molecule has 90 valence electrons. The average molecular weight is 222 g/mol. The van der Waals surface area contributed by atoms with Crippen molar-refractivity contribution in [1.82, 2.24) is 0 Å². The van der Waals surface area contributed by atoms with E-state index in [0.29, 0.717) is 12.6 Å². The first-order chi connectivity index (χ1) is 7.72. The summed E-state index contributed by atoms with van der Waals surface area (Å²) >= 11 is 0. The zero-order valence-corrected chi connectivity index (χ0v) is 10.2. The highest BCUT2D eigenvalue weighted by atomic mass is 16.5. The second-order valence-electron chi connectivity index (χ2n) is 4.00. The van der Waals surface area contributed by atoms with Crippen LogP contribution in [0.3, 0.4) is 0 Å². The van der Waals surface area contributed by atoms with E-state index in [1.807, 2.05) is 38.1 Å². The van der Waals surface area contributed by atoms with E-state index in [2.05, 4.69) is 5.32 Å².